The molecule has 0 N–H and O–H groups in total. The van der Waals surface area contributed by atoms with Gasteiger partial charge in [0, 0.05) is 44.9 Å². The third-order valence-corrected chi connectivity index (χ3v) is 12.7. The molecule has 4 heteroatoms. The first kappa shape index (κ1) is 36.1. The lowest BCUT2D eigenvalue weighted by molar-refractivity contribution is 0.487. The number of ether oxygens (including phenoxy) is 1. The van der Waals surface area contributed by atoms with Crippen LogP contribution in [0.5, 0.6) is 11.5 Å². The first-order chi connectivity index (χ1) is 29.2. The van der Waals surface area contributed by atoms with Crippen molar-refractivity contribution in [2.75, 3.05) is 4.90 Å². The fraction of sp³-hybridized carbons (Fsp3) is 0.107. The molecule has 0 unspecified atom stereocenters. The summed E-state index contributed by atoms with van der Waals surface area (Å²) < 4.78 is 13.3. The SMILES string of the molecule is Cc1cc(C)c(B(c2c(C)cc(C)cc2C)c2ccc3c4c(cccc24)Oc2cc(N(c4ccc5ccccc5c4)c4ccc5oc6ccccc6c5c4)ccc2-3)c(C)c1. The Morgan fingerprint density at radius 2 is 1.00 bits per heavy atom. The summed E-state index contributed by atoms with van der Waals surface area (Å²) in [5.41, 5.74) is 19.1. The van der Waals surface area contributed by atoms with Crippen LogP contribution < -0.4 is 26.0 Å². The van der Waals surface area contributed by atoms with Crippen LogP contribution in [0.4, 0.5) is 17.1 Å². The monoisotopic (exact) mass is 773 g/mol. The van der Waals surface area contributed by atoms with E-state index in [1.807, 2.05) is 12.1 Å². The molecular weight excluding hydrogens is 729 g/mol. The number of hydrogen-bond acceptors (Lipinski definition) is 3. The Labute approximate surface area is 351 Å². The largest absolute Gasteiger partial charge is 0.456 e. The van der Waals surface area contributed by atoms with E-state index < -0.39 is 0 Å². The molecule has 60 heavy (non-hydrogen) atoms. The van der Waals surface area contributed by atoms with E-state index in [1.165, 1.54) is 71.5 Å². The molecule has 0 saturated heterocycles. The van der Waals surface area contributed by atoms with Gasteiger partial charge in [-0.15, -0.1) is 0 Å². The lowest BCUT2D eigenvalue weighted by Gasteiger charge is -2.29. The summed E-state index contributed by atoms with van der Waals surface area (Å²) in [5, 5.41) is 6.97. The smallest absolute Gasteiger partial charge is 0.243 e. The Balaban J connectivity index is 1.09. The normalized spacial score (nSPS) is 12.0. The van der Waals surface area contributed by atoms with Gasteiger partial charge < -0.3 is 14.1 Å². The molecule has 0 atom stereocenters. The van der Waals surface area contributed by atoms with E-state index in [9.17, 15) is 0 Å². The lowest BCUT2D eigenvalue weighted by Crippen LogP contribution is -2.56. The average Bonchev–Trinajstić information content (AvgIpc) is 3.61. The molecule has 3 nitrogen and oxygen atoms in total. The number of anilines is 3. The minimum atomic E-state index is 0.0551. The molecule has 0 spiro atoms. The van der Waals surface area contributed by atoms with Gasteiger partial charge >= 0.3 is 0 Å². The van der Waals surface area contributed by atoms with E-state index in [0.717, 1.165) is 61.4 Å². The molecule has 0 amide bonds. The third kappa shape index (κ3) is 5.73. The van der Waals surface area contributed by atoms with E-state index in [0.29, 0.717) is 0 Å². The molecule has 0 fully saturated rings. The van der Waals surface area contributed by atoms with Crippen LogP contribution in [-0.2, 0) is 0 Å². The van der Waals surface area contributed by atoms with Gasteiger partial charge in [0.2, 0.25) is 6.71 Å². The first-order valence-corrected chi connectivity index (χ1v) is 20.9. The molecule has 11 rings (SSSR count). The topological polar surface area (TPSA) is 25.6 Å². The molecule has 1 aromatic heterocycles. The Kier molecular flexibility index (Phi) is 8.29. The maximum atomic E-state index is 7.03. The summed E-state index contributed by atoms with van der Waals surface area (Å²) in [7, 11) is 0. The standard InChI is InChI=1S/C56H44BNO2/c1-33-26-35(3)55(36(4)27-33)57(56-37(5)28-34(2)29-38(56)6)49-24-23-46-45-22-20-43(32-53(45)60-52-17-11-15-47(49)54(46)52)58(41-19-18-39-12-7-8-13-40(39)30-41)42-21-25-51-48(31-42)44-14-9-10-16-50(44)59-51/h7-32H,1-6H3. The van der Waals surface area contributed by atoms with Crippen molar-refractivity contribution in [3.05, 3.63) is 191 Å². The number of benzene rings is 9. The highest BCUT2D eigenvalue weighted by Gasteiger charge is 2.32. The average molecular weight is 774 g/mol. The van der Waals surface area contributed by atoms with E-state index >= 15 is 0 Å². The van der Waals surface area contributed by atoms with Gasteiger partial charge in [-0.1, -0.05) is 147 Å². The zero-order chi connectivity index (χ0) is 40.8. The van der Waals surface area contributed by atoms with Crippen LogP contribution in [0.15, 0.2) is 162 Å². The molecule has 0 aliphatic carbocycles. The van der Waals surface area contributed by atoms with Gasteiger partial charge in [-0.25, -0.2) is 0 Å². The van der Waals surface area contributed by atoms with Crippen LogP contribution in [0.1, 0.15) is 33.4 Å². The molecule has 10 aromatic rings. The van der Waals surface area contributed by atoms with Crippen molar-refractivity contribution in [2.45, 2.75) is 41.5 Å². The van der Waals surface area contributed by atoms with Crippen molar-refractivity contribution >= 4 is 83.6 Å². The van der Waals surface area contributed by atoms with Crippen LogP contribution >= 0.6 is 0 Å². The Morgan fingerprint density at radius 3 is 1.75 bits per heavy atom. The Morgan fingerprint density at radius 1 is 0.417 bits per heavy atom. The molecular formula is C56H44BNO2. The van der Waals surface area contributed by atoms with E-state index in [-0.39, 0.29) is 6.71 Å². The van der Waals surface area contributed by atoms with Crippen LogP contribution in [0.3, 0.4) is 0 Å². The summed E-state index contributed by atoms with van der Waals surface area (Å²) in [4.78, 5) is 2.33. The highest BCUT2D eigenvalue weighted by atomic mass is 16.5. The fourth-order valence-corrected chi connectivity index (χ4v) is 10.4. The summed E-state index contributed by atoms with van der Waals surface area (Å²) in [5.74, 6) is 1.72. The third-order valence-electron chi connectivity index (χ3n) is 12.7. The maximum absolute atomic E-state index is 7.03. The van der Waals surface area contributed by atoms with Gasteiger partial charge in [0.05, 0.1) is 0 Å². The Hall–Kier alpha value is -7.04. The summed E-state index contributed by atoms with van der Waals surface area (Å²) in [6.07, 6.45) is 0. The maximum Gasteiger partial charge on any atom is 0.243 e. The molecule has 0 radical (unpaired) electrons. The van der Waals surface area contributed by atoms with Gasteiger partial charge in [0.1, 0.15) is 22.7 Å². The highest BCUT2D eigenvalue weighted by molar-refractivity contribution is 6.98. The van der Waals surface area contributed by atoms with E-state index in [1.54, 1.807) is 0 Å². The van der Waals surface area contributed by atoms with Crippen molar-refractivity contribution in [2.24, 2.45) is 0 Å². The van der Waals surface area contributed by atoms with Crippen molar-refractivity contribution < 1.29 is 9.15 Å². The number of nitrogens with zero attached hydrogens (tertiary/aromatic N) is 1. The quantitative estimate of drug-likeness (QED) is 0.157. The van der Waals surface area contributed by atoms with Crippen LogP contribution in [0, 0.1) is 41.5 Å². The van der Waals surface area contributed by atoms with Crippen LogP contribution in [-0.4, -0.2) is 6.71 Å². The highest BCUT2D eigenvalue weighted by Crippen LogP contribution is 2.49. The molecule has 1 aliphatic heterocycles. The second-order valence-electron chi connectivity index (χ2n) is 16.9. The number of hydrogen-bond donors (Lipinski definition) is 0. The van der Waals surface area contributed by atoms with Gasteiger partial charge in [-0.2, -0.15) is 0 Å². The molecule has 288 valence electrons. The predicted molar refractivity (Wildman–Crippen MR) is 255 cm³/mol. The van der Waals surface area contributed by atoms with Gasteiger partial charge in [0.25, 0.3) is 0 Å². The number of furan rings is 1. The zero-order valence-corrected chi connectivity index (χ0v) is 34.9. The second kappa shape index (κ2) is 13.8. The lowest BCUT2D eigenvalue weighted by atomic mass is 9.33. The fourth-order valence-electron chi connectivity index (χ4n) is 10.4. The number of para-hydroxylation sites is 1. The van der Waals surface area contributed by atoms with Gasteiger partial charge in [-0.3, -0.25) is 0 Å². The van der Waals surface area contributed by atoms with Gasteiger partial charge in [0.15, 0.2) is 0 Å². The summed E-state index contributed by atoms with van der Waals surface area (Å²) >= 11 is 0. The first-order valence-electron chi connectivity index (χ1n) is 20.9. The number of fused-ring (bicyclic) bond motifs is 6. The van der Waals surface area contributed by atoms with Gasteiger partial charge in [-0.05, 0) is 118 Å². The number of aryl methyl sites for hydroxylation is 6. The number of rotatable bonds is 6. The molecule has 1 aliphatic rings. The minimum absolute atomic E-state index is 0.0551. The van der Waals surface area contributed by atoms with Crippen molar-refractivity contribution in [3.63, 3.8) is 0 Å². The summed E-state index contributed by atoms with van der Waals surface area (Å²) in [6, 6.07) is 57.4. The van der Waals surface area contributed by atoms with Crippen LogP contribution in [0.25, 0.3) is 54.6 Å². The van der Waals surface area contributed by atoms with Crippen molar-refractivity contribution in [1.29, 1.82) is 0 Å². The predicted octanol–water partition coefficient (Wildman–Crippen LogP) is 13.5. The van der Waals surface area contributed by atoms with Crippen molar-refractivity contribution in [3.8, 4) is 22.6 Å². The van der Waals surface area contributed by atoms with Crippen LogP contribution in [0.2, 0.25) is 0 Å². The second-order valence-corrected chi connectivity index (χ2v) is 16.9. The molecule has 0 bridgehead atoms. The zero-order valence-electron chi connectivity index (χ0n) is 34.9. The van der Waals surface area contributed by atoms with E-state index in [4.69, 9.17) is 9.15 Å². The molecule has 2 heterocycles. The minimum Gasteiger partial charge on any atom is -0.456 e. The summed E-state index contributed by atoms with van der Waals surface area (Å²) in [6.45, 7) is 13.6. The molecule has 9 aromatic carbocycles. The van der Waals surface area contributed by atoms with Crippen molar-refractivity contribution in [1.82, 2.24) is 0 Å². The van der Waals surface area contributed by atoms with E-state index in [2.05, 4.69) is 192 Å². The molecule has 0 saturated carbocycles. The Bertz CT molecular complexity index is 3290.